The highest BCUT2D eigenvalue weighted by Gasteiger charge is 2.14. The second-order valence-corrected chi connectivity index (χ2v) is 4.73. The zero-order valence-corrected chi connectivity index (χ0v) is 14.7. The molecule has 1 aliphatic heterocycles. The van der Waals surface area contributed by atoms with Crippen LogP contribution < -0.4 is 4.90 Å². The Labute approximate surface area is 135 Å². The molecule has 4 nitrogen and oxygen atoms in total. The van der Waals surface area contributed by atoms with Gasteiger partial charge in [-0.15, -0.1) is 0 Å². The molecule has 1 aromatic carbocycles. The van der Waals surface area contributed by atoms with Crippen molar-refractivity contribution in [3.8, 4) is 0 Å². The molecule has 1 aliphatic rings. The van der Waals surface area contributed by atoms with Gasteiger partial charge in [0.25, 0.3) is 0 Å². The summed E-state index contributed by atoms with van der Waals surface area (Å²) >= 11 is 0. The van der Waals surface area contributed by atoms with Crippen LogP contribution in [0, 0.1) is 0 Å². The lowest BCUT2D eigenvalue weighted by atomic mass is 10.0. The molecule has 22 heavy (non-hydrogen) atoms. The van der Waals surface area contributed by atoms with E-state index in [9.17, 15) is 4.79 Å². The number of nitrogens with zero attached hydrogens (tertiary/aromatic N) is 1. The van der Waals surface area contributed by atoms with Crippen LogP contribution in [0.15, 0.2) is 24.3 Å². The maximum Gasteiger partial charge on any atom is 0.331 e. The normalized spacial score (nSPS) is 12.1. The first-order chi connectivity index (χ1) is 10.7. The third-order valence-electron chi connectivity index (χ3n) is 3.19. The Bertz CT molecular complexity index is 407. The van der Waals surface area contributed by atoms with Gasteiger partial charge in [-0.1, -0.05) is 39.0 Å². The molecular formula is C18H31NO3. The highest BCUT2D eigenvalue weighted by molar-refractivity contribution is 5.70. The molecule has 0 N–H and O–H groups in total. The maximum absolute atomic E-state index is 10.1. The summed E-state index contributed by atoms with van der Waals surface area (Å²) in [4.78, 5) is 12.6. The zero-order chi connectivity index (χ0) is 16.8. The molecule has 0 radical (unpaired) electrons. The minimum absolute atomic E-state index is 0.0382. The number of carbonyl (C=O) groups excluding carboxylic acids is 1. The molecule has 126 valence electrons. The van der Waals surface area contributed by atoms with Gasteiger partial charge in [0.2, 0.25) is 0 Å². The lowest BCUT2D eigenvalue weighted by molar-refractivity contribution is -0.144. The van der Waals surface area contributed by atoms with Gasteiger partial charge in [-0.2, -0.15) is 0 Å². The van der Waals surface area contributed by atoms with Crippen molar-refractivity contribution in [3.05, 3.63) is 29.8 Å². The largest absolute Gasteiger partial charge is 0.467 e. The predicted octanol–water partition coefficient (Wildman–Crippen LogP) is 3.68. The Kier molecular flexibility index (Phi) is 12.2. The summed E-state index contributed by atoms with van der Waals surface area (Å²) in [5.41, 5.74) is 3.00. The Morgan fingerprint density at radius 1 is 1.23 bits per heavy atom. The first-order valence-corrected chi connectivity index (χ1v) is 8.11. The lowest BCUT2D eigenvalue weighted by Gasteiger charge is -2.30. The number of ether oxygens (including phenoxy) is 2. The summed E-state index contributed by atoms with van der Waals surface area (Å²) in [6.45, 7) is 8.73. The number of methoxy groups -OCH3 is 2. The third-order valence-corrected chi connectivity index (χ3v) is 3.19. The number of hydrogen-bond acceptors (Lipinski definition) is 4. The van der Waals surface area contributed by atoms with E-state index in [1.165, 1.54) is 57.8 Å². The number of benzene rings is 1. The van der Waals surface area contributed by atoms with Crippen molar-refractivity contribution in [2.24, 2.45) is 0 Å². The van der Waals surface area contributed by atoms with Gasteiger partial charge in [-0.25, -0.2) is 4.79 Å². The molecule has 0 fully saturated rings. The van der Waals surface area contributed by atoms with Crippen LogP contribution in [0.5, 0.6) is 0 Å². The fourth-order valence-electron chi connectivity index (χ4n) is 2.29. The number of hydrogen-bond donors (Lipinski definition) is 0. The van der Waals surface area contributed by atoms with E-state index in [-0.39, 0.29) is 12.6 Å². The number of aryl methyl sites for hydroxylation is 1. The van der Waals surface area contributed by atoms with Crippen molar-refractivity contribution >= 4 is 11.7 Å². The Morgan fingerprint density at radius 2 is 1.91 bits per heavy atom. The van der Waals surface area contributed by atoms with E-state index in [1.807, 2.05) is 13.8 Å². The third kappa shape index (κ3) is 7.46. The van der Waals surface area contributed by atoms with Crippen LogP contribution in [-0.4, -0.2) is 39.9 Å². The average molecular weight is 309 g/mol. The summed E-state index contributed by atoms with van der Waals surface area (Å²) in [6.07, 6.45) is 3.82. The van der Waals surface area contributed by atoms with Crippen molar-refractivity contribution in [3.63, 3.8) is 0 Å². The number of rotatable bonds is 4. The molecule has 0 spiro atoms. The number of anilines is 1. The molecule has 0 atom stereocenters. The summed E-state index contributed by atoms with van der Waals surface area (Å²) in [6, 6.07) is 8.81. The van der Waals surface area contributed by atoms with Crippen LogP contribution in [0.25, 0.3) is 0 Å². The first kappa shape index (κ1) is 20.5. The monoisotopic (exact) mass is 309 g/mol. The number of para-hydroxylation sites is 1. The first-order valence-electron chi connectivity index (χ1n) is 8.11. The number of carbonyl (C=O) groups is 1. The van der Waals surface area contributed by atoms with Crippen LogP contribution >= 0.6 is 0 Å². The van der Waals surface area contributed by atoms with Gasteiger partial charge in [0.1, 0.15) is 6.61 Å². The van der Waals surface area contributed by atoms with Crippen molar-refractivity contribution in [2.45, 2.75) is 40.0 Å². The highest BCUT2D eigenvalue weighted by Crippen LogP contribution is 2.26. The molecule has 0 aromatic heterocycles. The van der Waals surface area contributed by atoms with Crippen molar-refractivity contribution in [1.29, 1.82) is 0 Å². The van der Waals surface area contributed by atoms with Gasteiger partial charge in [0, 0.05) is 25.9 Å². The maximum atomic E-state index is 10.1. The van der Waals surface area contributed by atoms with Crippen LogP contribution in [0.1, 0.15) is 39.2 Å². The minimum Gasteiger partial charge on any atom is -0.467 e. The van der Waals surface area contributed by atoms with Gasteiger partial charge in [-0.3, -0.25) is 0 Å². The van der Waals surface area contributed by atoms with Crippen molar-refractivity contribution in [2.75, 3.05) is 38.8 Å². The van der Waals surface area contributed by atoms with Gasteiger partial charge in [0.15, 0.2) is 0 Å². The molecule has 2 rings (SSSR count). The van der Waals surface area contributed by atoms with Crippen molar-refractivity contribution < 1.29 is 14.3 Å². The van der Waals surface area contributed by atoms with Crippen molar-refractivity contribution in [1.82, 2.24) is 0 Å². The SMILES string of the molecule is CC.CCCN1CCCc2ccccc21.COCC(=O)OC. The van der Waals surface area contributed by atoms with E-state index in [1.54, 1.807) is 0 Å². The van der Waals surface area contributed by atoms with Crippen LogP contribution in [0.3, 0.4) is 0 Å². The average Bonchev–Trinajstić information content (AvgIpc) is 2.58. The molecule has 0 aliphatic carbocycles. The lowest BCUT2D eigenvalue weighted by Crippen LogP contribution is -2.29. The van der Waals surface area contributed by atoms with Crippen LogP contribution in [-0.2, 0) is 20.7 Å². The van der Waals surface area contributed by atoms with E-state index < -0.39 is 0 Å². The fourth-order valence-corrected chi connectivity index (χ4v) is 2.29. The molecule has 0 unspecified atom stereocenters. The molecule has 0 saturated heterocycles. The number of fused-ring (bicyclic) bond motifs is 1. The van der Waals surface area contributed by atoms with Crippen LogP contribution in [0.2, 0.25) is 0 Å². The Morgan fingerprint density at radius 3 is 2.45 bits per heavy atom. The van der Waals surface area contributed by atoms with E-state index in [2.05, 4.69) is 45.6 Å². The van der Waals surface area contributed by atoms with E-state index >= 15 is 0 Å². The van der Waals surface area contributed by atoms with Gasteiger partial charge in [-0.05, 0) is 30.9 Å². The summed E-state index contributed by atoms with van der Waals surface area (Å²) in [5.74, 6) is -0.345. The summed E-state index contributed by atoms with van der Waals surface area (Å²) in [7, 11) is 2.76. The smallest absolute Gasteiger partial charge is 0.331 e. The second kappa shape index (κ2) is 13.1. The highest BCUT2D eigenvalue weighted by atomic mass is 16.6. The Hall–Kier alpha value is -1.55. The number of esters is 1. The standard InChI is InChI=1S/C12H17N.C4H8O3.C2H6/c1-2-9-13-10-5-7-11-6-3-4-8-12(11)13;1-6-3-4(5)7-2;1-2/h3-4,6,8H,2,5,7,9-10H2,1H3;3H2,1-2H3;1-2H3. The van der Waals surface area contributed by atoms with Crippen LogP contribution in [0.4, 0.5) is 5.69 Å². The summed E-state index contributed by atoms with van der Waals surface area (Å²) < 4.78 is 8.65. The van der Waals surface area contributed by atoms with E-state index in [0.717, 1.165) is 0 Å². The molecule has 0 bridgehead atoms. The molecule has 0 amide bonds. The molecular weight excluding hydrogens is 278 g/mol. The second-order valence-electron chi connectivity index (χ2n) is 4.73. The fraction of sp³-hybridized carbons (Fsp3) is 0.611. The summed E-state index contributed by atoms with van der Waals surface area (Å²) in [5, 5.41) is 0. The Balaban J connectivity index is 0.000000421. The minimum atomic E-state index is -0.345. The molecule has 1 aromatic rings. The van der Waals surface area contributed by atoms with Gasteiger partial charge in [0.05, 0.1) is 7.11 Å². The topological polar surface area (TPSA) is 38.8 Å². The molecule has 4 heteroatoms. The van der Waals surface area contributed by atoms with Gasteiger partial charge >= 0.3 is 5.97 Å². The van der Waals surface area contributed by atoms with Gasteiger partial charge < -0.3 is 14.4 Å². The van der Waals surface area contributed by atoms with E-state index in [4.69, 9.17) is 0 Å². The predicted molar refractivity (Wildman–Crippen MR) is 92.5 cm³/mol. The molecule has 1 heterocycles. The van der Waals surface area contributed by atoms with E-state index in [0.29, 0.717) is 0 Å². The zero-order valence-electron chi connectivity index (χ0n) is 14.7. The molecule has 0 saturated carbocycles. The quantitative estimate of drug-likeness (QED) is 0.795.